The number of para-hydroxylation sites is 2. The van der Waals surface area contributed by atoms with Gasteiger partial charge in [0.2, 0.25) is 0 Å². The predicted octanol–water partition coefficient (Wildman–Crippen LogP) is 3.16. The van der Waals surface area contributed by atoms with Gasteiger partial charge in [-0.15, -0.1) is 0 Å². The van der Waals surface area contributed by atoms with Gasteiger partial charge in [0.1, 0.15) is 11.1 Å². The molecule has 0 atom stereocenters. The molecule has 0 saturated heterocycles. The second-order valence-electron chi connectivity index (χ2n) is 6.66. The molecule has 0 aliphatic heterocycles. The van der Waals surface area contributed by atoms with Crippen LogP contribution in [0.3, 0.4) is 0 Å². The highest BCUT2D eigenvalue weighted by Crippen LogP contribution is 2.05. The normalized spacial score (nSPS) is 9.97. The Morgan fingerprint density at radius 2 is 1.09 bits per heavy atom. The van der Waals surface area contributed by atoms with Crippen LogP contribution in [0, 0.1) is 0 Å². The highest BCUT2D eigenvalue weighted by Gasteiger charge is 2.12. The summed E-state index contributed by atoms with van der Waals surface area (Å²) in [4.78, 5) is 46.0. The zero-order valence-corrected chi connectivity index (χ0v) is 17.6. The average molecular weight is 444 g/mol. The maximum atomic E-state index is 12.0. The number of rotatable bonds is 4. The number of carbonyl (C=O) groups excluding carboxylic acids is 1. The van der Waals surface area contributed by atoms with Gasteiger partial charge in [0.05, 0.1) is 7.11 Å². The molecule has 0 fully saturated rings. The van der Waals surface area contributed by atoms with Crippen LogP contribution in [-0.4, -0.2) is 33.3 Å². The summed E-state index contributed by atoms with van der Waals surface area (Å²) >= 11 is 0. The zero-order valence-electron chi connectivity index (χ0n) is 17.6. The van der Waals surface area contributed by atoms with E-state index >= 15 is 0 Å². The number of esters is 1. The summed E-state index contributed by atoms with van der Waals surface area (Å²) in [5.74, 6) is -1.84. The van der Waals surface area contributed by atoms with Gasteiger partial charge in [-0.2, -0.15) is 0 Å². The highest BCUT2D eigenvalue weighted by molar-refractivity contribution is 5.89. The van der Waals surface area contributed by atoms with Gasteiger partial charge in [-0.1, -0.05) is 36.4 Å². The summed E-state index contributed by atoms with van der Waals surface area (Å²) in [6.07, 6.45) is 3.16. The highest BCUT2D eigenvalue weighted by atomic mass is 16.5. The SMILES string of the molecule is COC(=O)c1cccn(-c2ccccc2)c1=O.O=C(O)c1cccn(-c2ccccc2)c1=O. The molecule has 1 N–H and O–H groups in total. The van der Waals surface area contributed by atoms with E-state index in [1.54, 1.807) is 54.9 Å². The van der Waals surface area contributed by atoms with Crippen LogP contribution in [0.25, 0.3) is 11.4 Å². The topological polar surface area (TPSA) is 108 Å². The average Bonchev–Trinajstić information content (AvgIpc) is 2.85. The Labute approximate surface area is 188 Å². The van der Waals surface area contributed by atoms with Crippen LogP contribution in [0.5, 0.6) is 0 Å². The van der Waals surface area contributed by atoms with E-state index in [1.807, 2.05) is 24.3 Å². The lowest BCUT2D eigenvalue weighted by Crippen LogP contribution is -2.25. The van der Waals surface area contributed by atoms with E-state index in [-0.39, 0.29) is 16.7 Å². The fraction of sp³-hybridized carbons (Fsp3) is 0.0400. The summed E-state index contributed by atoms with van der Waals surface area (Å²) in [7, 11) is 1.25. The van der Waals surface area contributed by atoms with Gasteiger partial charge in [-0.3, -0.25) is 18.7 Å². The van der Waals surface area contributed by atoms with E-state index in [4.69, 9.17) is 5.11 Å². The number of carboxylic acid groups (broad SMARTS) is 1. The number of methoxy groups -OCH3 is 1. The maximum Gasteiger partial charge on any atom is 0.343 e. The molecule has 33 heavy (non-hydrogen) atoms. The Balaban J connectivity index is 0.000000186. The first-order valence-electron chi connectivity index (χ1n) is 9.80. The predicted molar refractivity (Wildman–Crippen MR) is 122 cm³/mol. The molecule has 0 saturated carbocycles. The maximum absolute atomic E-state index is 12.0. The minimum Gasteiger partial charge on any atom is -0.477 e. The lowest BCUT2D eigenvalue weighted by Gasteiger charge is -2.06. The summed E-state index contributed by atoms with van der Waals surface area (Å²) < 4.78 is 7.27. The minimum atomic E-state index is -1.21. The molecule has 0 amide bonds. The Morgan fingerprint density at radius 1 is 0.667 bits per heavy atom. The monoisotopic (exact) mass is 444 g/mol. The zero-order chi connectivity index (χ0) is 23.8. The molecule has 0 aliphatic rings. The van der Waals surface area contributed by atoms with Crippen LogP contribution in [0.4, 0.5) is 0 Å². The number of hydrogen-bond donors (Lipinski definition) is 1. The van der Waals surface area contributed by atoms with Crippen molar-refractivity contribution in [1.29, 1.82) is 0 Å². The molecule has 4 rings (SSSR count). The molecule has 0 bridgehead atoms. The first kappa shape index (κ1) is 23.0. The molecule has 8 nitrogen and oxygen atoms in total. The van der Waals surface area contributed by atoms with Gasteiger partial charge in [-0.05, 0) is 48.5 Å². The van der Waals surface area contributed by atoms with Crippen molar-refractivity contribution in [1.82, 2.24) is 9.13 Å². The second kappa shape index (κ2) is 10.5. The third-order valence-corrected chi connectivity index (χ3v) is 4.60. The molecule has 0 radical (unpaired) electrons. The van der Waals surface area contributed by atoms with E-state index in [2.05, 4.69) is 4.74 Å². The van der Waals surface area contributed by atoms with Gasteiger partial charge in [-0.25, -0.2) is 9.59 Å². The molecule has 2 aromatic carbocycles. The van der Waals surface area contributed by atoms with Crippen molar-refractivity contribution in [3.8, 4) is 11.4 Å². The molecule has 166 valence electrons. The van der Waals surface area contributed by atoms with E-state index in [9.17, 15) is 19.2 Å². The van der Waals surface area contributed by atoms with Crippen molar-refractivity contribution in [3.05, 3.63) is 129 Å². The van der Waals surface area contributed by atoms with Crippen molar-refractivity contribution in [2.45, 2.75) is 0 Å². The van der Waals surface area contributed by atoms with E-state index in [0.29, 0.717) is 11.4 Å². The van der Waals surface area contributed by atoms with Crippen molar-refractivity contribution in [2.75, 3.05) is 7.11 Å². The first-order chi connectivity index (χ1) is 15.9. The number of carbonyl (C=O) groups is 2. The Morgan fingerprint density at radius 3 is 1.52 bits per heavy atom. The summed E-state index contributed by atoms with van der Waals surface area (Å²) in [5, 5.41) is 8.82. The van der Waals surface area contributed by atoms with Crippen LogP contribution in [0.1, 0.15) is 20.7 Å². The minimum absolute atomic E-state index is 0.0267. The van der Waals surface area contributed by atoms with Crippen molar-refractivity contribution >= 4 is 11.9 Å². The van der Waals surface area contributed by atoms with Gasteiger partial charge in [0, 0.05) is 23.8 Å². The largest absolute Gasteiger partial charge is 0.477 e. The fourth-order valence-electron chi connectivity index (χ4n) is 3.00. The molecular formula is C25H20N2O6. The molecule has 4 aromatic rings. The van der Waals surface area contributed by atoms with Crippen LogP contribution in [0.2, 0.25) is 0 Å². The second-order valence-corrected chi connectivity index (χ2v) is 6.66. The number of nitrogens with zero attached hydrogens (tertiary/aromatic N) is 2. The third-order valence-electron chi connectivity index (χ3n) is 4.60. The van der Waals surface area contributed by atoms with Gasteiger partial charge in [0.25, 0.3) is 11.1 Å². The van der Waals surface area contributed by atoms with Crippen molar-refractivity contribution in [2.24, 2.45) is 0 Å². The van der Waals surface area contributed by atoms with Crippen LogP contribution >= 0.6 is 0 Å². The molecule has 2 heterocycles. The molecule has 8 heteroatoms. The number of ether oxygens (including phenoxy) is 1. The van der Waals surface area contributed by atoms with Gasteiger partial charge < -0.3 is 9.84 Å². The van der Waals surface area contributed by atoms with E-state index < -0.39 is 17.5 Å². The smallest absolute Gasteiger partial charge is 0.343 e. The van der Waals surface area contributed by atoms with Gasteiger partial charge in [0.15, 0.2) is 0 Å². The molecule has 0 spiro atoms. The lowest BCUT2D eigenvalue weighted by molar-refractivity contribution is 0.0597. The molecule has 2 aromatic heterocycles. The van der Waals surface area contributed by atoms with E-state index in [1.165, 1.54) is 34.4 Å². The number of carboxylic acids is 1. The summed E-state index contributed by atoms with van der Waals surface area (Å²) in [6, 6.07) is 23.9. The standard InChI is InChI=1S/C13H11NO3.C12H9NO3/c1-17-13(16)11-8-5-9-14(12(11)15)10-6-3-2-4-7-10;14-11-10(12(15)16)7-4-8-13(11)9-5-2-1-3-6-9/h2-9H,1H3;1-8H,(H,15,16). The quantitative estimate of drug-likeness (QED) is 0.485. The van der Waals surface area contributed by atoms with Gasteiger partial charge >= 0.3 is 11.9 Å². The molecule has 0 unspecified atom stereocenters. The molecular weight excluding hydrogens is 424 g/mol. The Hall–Kier alpha value is -4.72. The number of aromatic nitrogens is 2. The van der Waals surface area contributed by atoms with Crippen LogP contribution in [0.15, 0.2) is 107 Å². The van der Waals surface area contributed by atoms with Crippen molar-refractivity contribution < 1.29 is 19.4 Å². The number of aromatic carboxylic acids is 1. The fourth-order valence-corrected chi connectivity index (χ4v) is 3.00. The lowest BCUT2D eigenvalue weighted by atomic mass is 10.2. The summed E-state index contributed by atoms with van der Waals surface area (Å²) in [6.45, 7) is 0. The van der Waals surface area contributed by atoms with Crippen molar-refractivity contribution in [3.63, 3.8) is 0 Å². The number of benzene rings is 2. The Bertz CT molecular complexity index is 1380. The van der Waals surface area contributed by atoms with E-state index in [0.717, 1.165) is 0 Å². The third kappa shape index (κ3) is 5.31. The molecule has 0 aliphatic carbocycles. The Kier molecular flexibility index (Phi) is 7.33. The van der Waals surface area contributed by atoms with Crippen LogP contribution in [-0.2, 0) is 4.74 Å². The number of pyridine rings is 2. The van der Waals surface area contributed by atoms with Crippen LogP contribution < -0.4 is 11.1 Å². The first-order valence-corrected chi connectivity index (χ1v) is 9.80. The number of hydrogen-bond acceptors (Lipinski definition) is 5. The summed E-state index contributed by atoms with van der Waals surface area (Å²) in [5.41, 5.74) is 0.246.